The summed E-state index contributed by atoms with van der Waals surface area (Å²) in [5.74, 6) is 1.72. The Morgan fingerprint density at radius 1 is 1.04 bits per heavy atom. The summed E-state index contributed by atoms with van der Waals surface area (Å²) in [7, 11) is 0. The van der Waals surface area contributed by atoms with Crippen molar-refractivity contribution in [1.82, 2.24) is 15.3 Å². The minimum Gasteiger partial charge on any atom is -0.398 e. The van der Waals surface area contributed by atoms with E-state index in [9.17, 15) is 0 Å². The first-order valence-electron chi connectivity index (χ1n) is 9.15. The van der Waals surface area contributed by atoms with Crippen LogP contribution in [0, 0.1) is 0 Å². The summed E-state index contributed by atoms with van der Waals surface area (Å²) in [4.78, 5) is 8.88. The molecule has 142 valence electrons. The van der Waals surface area contributed by atoms with Gasteiger partial charge in [-0.3, -0.25) is 0 Å². The van der Waals surface area contributed by atoms with Crippen molar-refractivity contribution in [2.45, 2.75) is 32.0 Å². The van der Waals surface area contributed by atoms with Crippen LogP contribution < -0.4 is 27.4 Å². The zero-order valence-corrected chi connectivity index (χ0v) is 15.6. The maximum Gasteiger partial charge on any atom is 0.126 e. The standard InChI is InChI=1S/C20H27N7/c1-2-9-23-18-6-4-16(12-25-18)13-26-19-5-3-15(11-24-19)10-20(22)8-7-17(21)14-27-20/h3-8,11-12,14,27H,2,9-10,13,21-22H2,1H3,(H,23,25)(H,24,26). The zero-order chi connectivity index (χ0) is 19.1. The lowest BCUT2D eigenvalue weighted by atomic mass is 9.99. The predicted molar refractivity (Wildman–Crippen MR) is 110 cm³/mol. The summed E-state index contributed by atoms with van der Waals surface area (Å²) in [5.41, 5.74) is 14.2. The molecule has 3 rings (SSSR count). The number of hydrogen-bond acceptors (Lipinski definition) is 7. The minimum absolute atomic E-state index is 0.622. The normalized spacial score (nSPS) is 18.5. The third-order valence-corrected chi connectivity index (χ3v) is 4.26. The van der Waals surface area contributed by atoms with Crippen molar-refractivity contribution in [1.29, 1.82) is 0 Å². The number of allylic oxidation sites excluding steroid dienone is 1. The maximum absolute atomic E-state index is 6.32. The number of nitrogens with two attached hydrogens (primary N) is 2. The Hall–Kier alpha value is -3.06. The molecule has 7 heteroatoms. The summed E-state index contributed by atoms with van der Waals surface area (Å²) in [6, 6.07) is 8.04. The molecule has 7 nitrogen and oxygen atoms in total. The van der Waals surface area contributed by atoms with E-state index in [1.807, 2.05) is 42.7 Å². The highest BCUT2D eigenvalue weighted by Gasteiger charge is 2.22. The van der Waals surface area contributed by atoms with Crippen LogP contribution in [0.25, 0.3) is 0 Å². The van der Waals surface area contributed by atoms with Crippen LogP contribution in [0.3, 0.4) is 0 Å². The number of dihydropyridines is 1. The molecule has 0 bridgehead atoms. The van der Waals surface area contributed by atoms with Crippen LogP contribution in [0.1, 0.15) is 24.5 Å². The minimum atomic E-state index is -0.640. The predicted octanol–water partition coefficient (Wildman–Crippen LogP) is 2.07. The molecule has 1 unspecified atom stereocenters. The summed E-state index contributed by atoms with van der Waals surface area (Å²) in [6.07, 6.45) is 10.8. The van der Waals surface area contributed by atoms with Gasteiger partial charge < -0.3 is 27.4 Å². The second kappa shape index (κ2) is 8.55. The second-order valence-corrected chi connectivity index (χ2v) is 6.72. The summed E-state index contributed by atoms with van der Waals surface area (Å²) in [5, 5.41) is 9.70. The molecular weight excluding hydrogens is 338 g/mol. The fraction of sp³-hybridized carbons (Fsp3) is 0.300. The number of nitrogens with one attached hydrogen (secondary N) is 3. The smallest absolute Gasteiger partial charge is 0.126 e. The zero-order valence-electron chi connectivity index (χ0n) is 15.6. The molecule has 2 aromatic heterocycles. The molecule has 0 saturated carbocycles. The van der Waals surface area contributed by atoms with Gasteiger partial charge >= 0.3 is 0 Å². The van der Waals surface area contributed by atoms with Gasteiger partial charge in [0, 0.05) is 43.8 Å². The average molecular weight is 365 g/mol. The molecule has 0 amide bonds. The van der Waals surface area contributed by atoms with E-state index < -0.39 is 5.66 Å². The van der Waals surface area contributed by atoms with Crippen LogP contribution in [0.2, 0.25) is 0 Å². The van der Waals surface area contributed by atoms with E-state index in [4.69, 9.17) is 11.5 Å². The van der Waals surface area contributed by atoms with E-state index >= 15 is 0 Å². The van der Waals surface area contributed by atoms with E-state index in [1.54, 1.807) is 6.20 Å². The van der Waals surface area contributed by atoms with Crippen molar-refractivity contribution in [3.05, 3.63) is 71.8 Å². The molecule has 1 aliphatic heterocycles. The van der Waals surface area contributed by atoms with Gasteiger partial charge in [-0.25, -0.2) is 9.97 Å². The van der Waals surface area contributed by atoms with Gasteiger partial charge in [0.15, 0.2) is 0 Å². The Morgan fingerprint density at radius 2 is 1.74 bits per heavy atom. The first-order chi connectivity index (χ1) is 13.1. The third-order valence-electron chi connectivity index (χ3n) is 4.26. The Kier molecular flexibility index (Phi) is 5.93. The molecule has 1 atom stereocenters. The quantitative estimate of drug-likeness (QED) is 0.486. The molecule has 0 saturated heterocycles. The van der Waals surface area contributed by atoms with Crippen LogP contribution in [-0.2, 0) is 13.0 Å². The lowest BCUT2D eigenvalue weighted by Crippen LogP contribution is -2.52. The number of nitrogens with zero attached hydrogens (tertiary/aromatic N) is 2. The summed E-state index contributed by atoms with van der Waals surface area (Å²) < 4.78 is 0. The van der Waals surface area contributed by atoms with Gasteiger partial charge in [-0.15, -0.1) is 0 Å². The number of pyridine rings is 2. The van der Waals surface area contributed by atoms with Crippen molar-refractivity contribution < 1.29 is 0 Å². The Balaban J connectivity index is 1.51. The number of hydrogen-bond donors (Lipinski definition) is 5. The third kappa shape index (κ3) is 5.46. The van der Waals surface area contributed by atoms with Crippen LogP contribution in [-0.4, -0.2) is 22.2 Å². The molecule has 3 heterocycles. The molecule has 0 aromatic carbocycles. The number of anilines is 2. The SMILES string of the molecule is CCCNc1ccc(CNc2ccc(CC3(N)C=CC(N)=CN3)cn2)cn1. The van der Waals surface area contributed by atoms with Gasteiger partial charge in [0.25, 0.3) is 0 Å². The van der Waals surface area contributed by atoms with E-state index in [2.05, 4.69) is 38.9 Å². The highest BCUT2D eigenvalue weighted by atomic mass is 15.1. The van der Waals surface area contributed by atoms with Crippen molar-refractivity contribution in [2.75, 3.05) is 17.2 Å². The van der Waals surface area contributed by atoms with Gasteiger partial charge in [-0.2, -0.15) is 0 Å². The lowest BCUT2D eigenvalue weighted by molar-refractivity contribution is 0.463. The molecule has 0 fully saturated rings. The summed E-state index contributed by atoms with van der Waals surface area (Å²) >= 11 is 0. The van der Waals surface area contributed by atoms with Crippen LogP contribution in [0.15, 0.2) is 60.7 Å². The highest BCUT2D eigenvalue weighted by Crippen LogP contribution is 2.15. The number of rotatable bonds is 8. The number of aromatic nitrogens is 2. The fourth-order valence-electron chi connectivity index (χ4n) is 2.72. The Morgan fingerprint density at radius 3 is 2.33 bits per heavy atom. The molecule has 0 aliphatic carbocycles. The summed E-state index contributed by atoms with van der Waals surface area (Å²) in [6.45, 7) is 3.73. The fourth-order valence-corrected chi connectivity index (χ4v) is 2.72. The van der Waals surface area contributed by atoms with Crippen molar-refractivity contribution in [3.8, 4) is 0 Å². The average Bonchev–Trinajstić information content (AvgIpc) is 2.69. The molecule has 0 spiro atoms. The van der Waals surface area contributed by atoms with Gasteiger partial charge in [-0.05, 0) is 41.8 Å². The maximum atomic E-state index is 6.32. The van der Waals surface area contributed by atoms with Gasteiger partial charge in [0.05, 0.1) is 0 Å². The van der Waals surface area contributed by atoms with Gasteiger partial charge in [-0.1, -0.05) is 19.1 Å². The Labute approximate surface area is 160 Å². The monoisotopic (exact) mass is 365 g/mol. The van der Waals surface area contributed by atoms with Crippen LogP contribution in [0.5, 0.6) is 0 Å². The molecule has 2 aromatic rings. The lowest BCUT2D eigenvalue weighted by Gasteiger charge is -2.29. The van der Waals surface area contributed by atoms with Gasteiger partial charge in [0.2, 0.25) is 0 Å². The van der Waals surface area contributed by atoms with Crippen molar-refractivity contribution >= 4 is 11.6 Å². The topological polar surface area (TPSA) is 114 Å². The van der Waals surface area contributed by atoms with Gasteiger partial charge in [0.1, 0.15) is 17.3 Å². The molecule has 27 heavy (non-hydrogen) atoms. The van der Waals surface area contributed by atoms with E-state index in [0.29, 0.717) is 18.7 Å². The van der Waals surface area contributed by atoms with E-state index in [1.165, 1.54) is 0 Å². The Bertz CT molecular complexity index is 796. The van der Waals surface area contributed by atoms with Crippen molar-refractivity contribution in [2.24, 2.45) is 11.5 Å². The second-order valence-electron chi connectivity index (χ2n) is 6.72. The first-order valence-corrected chi connectivity index (χ1v) is 9.15. The molecule has 0 radical (unpaired) electrons. The van der Waals surface area contributed by atoms with Crippen molar-refractivity contribution in [3.63, 3.8) is 0 Å². The largest absolute Gasteiger partial charge is 0.398 e. The molecule has 1 aliphatic rings. The highest BCUT2D eigenvalue weighted by molar-refractivity contribution is 5.39. The first kappa shape index (κ1) is 18.7. The van der Waals surface area contributed by atoms with E-state index in [-0.39, 0.29) is 0 Å². The molecule has 7 N–H and O–H groups in total. The van der Waals surface area contributed by atoms with Crippen LogP contribution in [0.4, 0.5) is 11.6 Å². The van der Waals surface area contributed by atoms with E-state index in [0.717, 1.165) is 35.7 Å². The molecular formula is C20H27N7. The van der Waals surface area contributed by atoms with Crippen LogP contribution >= 0.6 is 0 Å².